The summed E-state index contributed by atoms with van der Waals surface area (Å²) in [4.78, 5) is 35.2. The standard InChI is InChI=1S/C21H27N5O3.C20H27N5O4S/c1-12(2)23-21(28)29-15-7-6-14(8-15)18-10-19(26-25-18)24-17-5-3-4-13-9-20(27)22-11-16(13)17;1-12(2)22-20(26)29-15-7-6-13(8-15)18-9-19(25-24-18)23-17-5-3-4-14-10-21-30(27,28)11-16(14)17/h3-5,10,12,14-15H,6-9,11H2,1-2H3,(H,22,27)(H,23,28)(H2,24,25,26);3-5,9,12-13,15,21H,6-8,10-11H2,1-2H3,(H,22,26)(H2,23,24,25)/t14-,15+;13-,15+/m00/s1. The first-order valence-corrected chi connectivity index (χ1v) is 22.0. The molecule has 2 aromatic carbocycles. The second-order valence-electron chi connectivity index (χ2n) is 16.3. The van der Waals surface area contributed by atoms with Crippen LogP contribution in [-0.4, -0.2) is 71.2 Å². The van der Waals surface area contributed by atoms with E-state index in [9.17, 15) is 22.8 Å². The Balaban J connectivity index is 0.000000179. The summed E-state index contributed by atoms with van der Waals surface area (Å²) in [5.41, 5.74) is 7.60. The molecule has 2 fully saturated rings. The highest BCUT2D eigenvalue weighted by Gasteiger charge is 2.32. The summed E-state index contributed by atoms with van der Waals surface area (Å²) in [5, 5.41) is 30.0. The topological polar surface area (TPSA) is 233 Å². The number of benzene rings is 2. The van der Waals surface area contributed by atoms with Crippen LogP contribution in [-0.2, 0) is 49.6 Å². The highest BCUT2D eigenvalue weighted by Crippen LogP contribution is 2.38. The van der Waals surface area contributed by atoms with Gasteiger partial charge in [0.05, 0.1) is 12.2 Å². The van der Waals surface area contributed by atoms with Gasteiger partial charge in [0.2, 0.25) is 15.9 Å². The molecule has 2 aromatic heterocycles. The first-order chi connectivity index (χ1) is 28.3. The monoisotopic (exact) mass is 830 g/mol. The second kappa shape index (κ2) is 18.1. The average molecular weight is 831 g/mol. The van der Waals surface area contributed by atoms with Gasteiger partial charge in [0, 0.05) is 71.9 Å². The molecular formula is C41H54N10O7S. The molecule has 2 aliphatic heterocycles. The number of H-pyrrole nitrogens is 2. The smallest absolute Gasteiger partial charge is 0.407 e. The van der Waals surface area contributed by atoms with E-state index in [1.165, 1.54) is 0 Å². The molecule has 4 aromatic rings. The molecule has 0 bridgehead atoms. The third-order valence-electron chi connectivity index (χ3n) is 10.9. The Morgan fingerprint density at radius 1 is 0.729 bits per heavy atom. The molecule has 2 aliphatic carbocycles. The van der Waals surface area contributed by atoms with Crippen LogP contribution in [0.3, 0.4) is 0 Å². The highest BCUT2D eigenvalue weighted by atomic mass is 32.2. The van der Waals surface area contributed by atoms with Gasteiger partial charge in [-0.05, 0) is 101 Å². The van der Waals surface area contributed by atoms with Crippen LogP contribution in [0.15, 0.2) is 48.5 Å². The number of amides is 3. The summed E-state index contributed by atoms with van der Waals surface area (Å²) < 4.78 is 37.5. The summed E-state index contributed by atoms with van der Waals surface area (Å²) in [6.45, 7) is 8.44. The Bertz CT molecular complexity index is 2250. The van der Waals surface area contributed by atoms with Crippen LogP contribution in [0.25, 0.3) is 0 Å². The SMILES string of the molecule is CC(C)NC(=O)O[C@@H]1CC[C@H](c2cc(Nc3cccc4c3CNC(=O)C4)n[nH]2)C1.CC(C)NC(=O)O[C@@H]1CC[C@H](c2cc(Nc3cccc4c3CS(=O)(=O)NC4)n[nH]2)C1. The van der Waals surface area contributed by atoms with Crippen molar-refractivity contribution < 1.29 is 32.3 Å². The molecule has 4 heterocycles. The minimum Gasteiger partial charge on any atom is -0.446 e. The number of rotatable bonds is 10. The van der Waals surface area contributed by atoms with Gasteiger partial charge in [0.1, 0.15) is 12.2 Å². The van der Waals surface area contributed by atoms with Crippen molar-refractivity contribution in [2.24, 2.45) is 0 Å². The van der Waals surface area contributed by atoms with E-state index in [1.54, 1.807) is 0 Å². The third kappa shape index (κ3) is 10.9. The van der Waals surface area contributed by atoms with Crippen molar-refractivity contribution in [3.63, 3.8) is 0 Å². The van der Waals surface area contributed by atoms with Crippen molar-refractivity contribution in [2.75, 3.05) is 10.6 Å². The summed E-state index contributed by atoms with van der Waals surface area (Å²) in [6, 6.07) is 15.7. The molecule has 0 unspecified atom stereocenters. The molecule has 316 valence electrons. The summed E-state index contributed by atoms with van der Waals surface area (Å²) in [7, 11) is -3.31. The normalized spacial score (nSPS) is 21.7. The first kappa shape index (κ1) is 41.5. The maximum absolute atomic E-state index is 12.0. The Morgan fingerprint density at radius 2 is 1.25 bits per heavy atom. The van der Waals surface area contributed by atoms with Crippen molar-refractivity contribution in [2.45, 2.75) is 128 Å². The van der Waals surface area contributed by atoms with Crippen molar-refractivity contribution in [1.82, 2.24) is 41.1 Å². The fourth-order valence-corrected chi connectivity index (χ4v) is 9.26. The fraction of sp³-hybridized carbons (Fsp3) is 0.488. The van der Waals surface area contributed by atoms with E-state index in [2.05, 4.69) is 51.7 Å². The number of anilines is 4. The fourth-order valence-electron chi connectivity index (χ4n) is 8.06. The zero-order chi connectivity index (χ0) is 41.7. The molecule has 0 radical (unpaired) electrons. The van der Waals surface area contributed by atoms with Crippen LogP contribution in [0.2, 0.25) is 0 Å². The van der Waals surface area contributed by atoms with Gasteiger partial charge in [-0.25, -0.2) is 22.7 Å². The van der Waals surface area contributed by atoms with Gasteiger partial charge >= 0.3 is 12.2 Å². The number of carbonyl (C=O) groups excluding carboxylic acids is 3. The molecule has 0 spiro atoms. The number of nitrogens with one attached hydrogen (secondary N) is 8. The number of ether oxygens (including phenoxy) is 2. The van der Waals surface area contributed by atoms with E-state index in [-0.39, 0.29) is 54.1 Å². The van der Waals surface area contributed by atoms with Crippen LogP contribution < -0.4 is 31.3 Å². The van der Waals surface area contributed by atoms with Gasteiger partial charge in [-0.15, -0.1) is 0 Å². The van der Waals surface area contributed by atoms with Crippen LogP contribution in [0.1, 0.15) is 112 Å². The summed E-state index contributed by atoms with van der Waals surface area (Å²) in [6.07, 6.45) is 4.58. The molecule has 8 N–H and O–H groups in total. The predicted octanol–water partition coefficient (Wildman–Crippen LogP) is 5.95. The number of hydrogen-bond acceptors (Lipinski definition) is 11. The van der Waals surface area contributed by atoms with E-state index in [1.807, 2.05) is 76.2 Å². The number of nitrogens with zero attached hydrogens (tertiary/aromatic N) is 2. The Labute approximate surface area is 344 Å². The molecule has 59 heavy (non-hydrogen) atoms. The van der Waals surface area contributed by atoms with Crippen LogP contribution >= 0.6 is 0 Å². The lowest BCUT2D eigenvalue weighted by Crippen LogP contribution is -2.33. The lowest BCUT2D eigenvalue weighted by Gasteiger charge is -2.20. The predicted molar refractivity (Wildman–Crippen MR) is 222 cm³/mol. The highest BCUT2D eigenvalue weighted by molar-refractivity contribution is 7.88. The molecule has 4 atom stereocenters. The van der Waals surface area contributed by atoms with Crippen LogP contribution in [0.4, 0.5) is 32.6 Å². The van der Waals surface area contributed by atoms with E-state index in [4.69, 9.17) is 9.47 Å². The number of aromatic amines is 2. The second-order valence-corrected chi connectivity index (χ2v) is 18.1. The van der Waals surface area contributed by atoms with E-state index >= 15 is 0 Å². The van der Waals surface area contributed by atoms with Crippen molar-refractivity contribution >= 4 is 51.1 Å². The molecular weight excluding hydrogens is 777 g/mol. The molecule has 0 saturated heterocycles. The Morgan fingerprint density at radius 3 is 1.80 bits per heavy atom. The van der Waals surface area contributed by atoms with E-state index in [0.717, 1.165) is 89.4 Å². The quantitative estimate of drug-likeness (QED) is 0.0930. The zero-order valence-corrected chi connectivity index (χ0v) is 34.6. The number of sulfonamides is 1. The van der Waals surface area contributed by atoms with Gasteiger partial charge in [0.25, 0.3) is 0 Å². The number of fused-ring (bicyclic) bond motifs is 2. The van der Waals surface area contributed by atoms with Gasteiger partial charge < -0.3 is 36.1 Å². The zero-order valence-electron chi connectivity index (χ0n) is 33.8. The van der Waals surface area contributed by atoms with Crippen molar-refractivity contribution in [3.05, 3.63) is 82.2 Å². The lowest BCUT2D eigenvalue weighted by atomic mass is 9.99. The molecule has 2 saturated carbocycles. The molecule has 3 amide bonds. The third-order valence-corrected chi connectivity index (χ3v) is 12.2. The first-order valence-electron chi connectivity index (χ1n) is 20.3. The average Bonchev–Trinajstić information content (AvgIpc) is 4.00. The maximum Gasteiger partial charge on any atom is 0.407 e. The van der Waals surface area contributed by atoms with Crippen molar-refractivity contribution in [1.29, 1.82) is 0 Å². The van der Waals surface area contributed by atoms with Crippen LogP contribution in [0.5, 0.6) is 0 Å². The molecule has 17 nitrogen and oxygen atoms in total. The van der Waals surface area contributed by atoms with Gasteiger partial charge in [-0.3, -0.25) is 15.0 Å². The van der Waals surface area contributed by atoms with Crippen LogP contribution in [0, 0.1) is 0 Å². The number of carbonyl (C=O) groups is 3. The molecule has 18 heteroatoms. The van der Waals surface area contributed by atoms with E-state index < -0.39 is 10.0 Å². The number of alkyl carbamates (subject to hydrolysis) is 2. The van der Waals surface area contributed by atoms with E-state index in [0.29, 0.717) is 31.2 Å². The molecule has 8 rings (SSSR count). The minimum atomic E-state index is -3.31. The van der Waals surface area contributed by atoms with Crippen molar-refractivity contribution in [3.8, 4) is 0 Å². The molecule has 4 aliphatic rings. The summed E-state index contributed by atoms with van der Waals surface area (Å²) in [5.74, 6) is 1.90. The largest absolute Gasteiger partial charge is 0.446 e. The summed E-state index contributed by atoms with van der Waals surface area (Å²) >= 11 is 0. The maximum atomic E-state index is 12.0. The number of aromatic nitrogens is 4. The van der Waals surface area contributed by atoms with Gasteiger partial charge in [-0.2, -0.15) is 10.2 Å². The Kier molecular flexibility index (Phi) is 12.7. The van der Waals surface area contributed by atoms with Gasteiger partial charge in [-0.1, -0.05) is 24.3 Å². The van der Waals surface area contributed by atoms with Gasteiger partial charge in [0.15, 0.2) is 11.6 Å². The minimum absolute atomic E-state index is 0.0467. The Hall–Kier alpha value is -5.62. The lowest BCUT2D eigenvalue weighted by molar-refractivity contribution is -0.121. The number of hydrogen-bond donors (Lipinski definition) is 8.